The third-order valence-corrected chi connectivity index (χ3v) is 1.68. The van der Waals surface area contributed by atoms with Gasteiger partial charge in [0.2, 0.25) is 0 Å². The summed E-state index contributed by atoms with van der Waals surface area (Å²) in [7, 11) is 0. The molecule has 0 radical (unpaired) electrons. The van der Waals surface area contributed by atoms with Crippen molar-refractivity contribution in [2.24, 2.45) is 0 Å². The molecule has 0 saturated heterocycles. The molecule has 0 heterocycles. The summed E-state index contributed by atoms with van der Waals surface area (Å²) in [6.45, 7) is 0. The molecule has 0 aliphatic carbocycles. The molecule has 0 amide bonds. The van der Waals surface area contributed by atoms with Crippen LogP contribution in [-0.4, -0.2) is 0 Å². The van der Waals surface area contributed by atoms with Gasteiger partial charge in [-0.15, -0.1) is 0 Å². The Morgan fingerprint density at radius 2 is 1.80 bits per heavy atom. The van der Waals surface area contributed by atoms with Gasteiger partial charge in [-0.05, 0) is 0 Å². The zero-order valence-corrected chi connectivity index (χ0v) is 5.80. The first-order valence-corrected chi connectivity index (χ1v) is 3.37. The molecule has 0 bridgehead atoms. The predicted octanol–water partition coefficient (Wildman–Crippen LogP) is -0.311. The first-order chi connectivity index (χ1) is 2.27. The monoisotopic (exact) mass is 292 g/mol. The molecule has 0 spiro atoms. The number of rotatable bonds is 1. The molecular weight excluding hydrogens is 291 g/mol. The van der Waals surface area contributed by atoms with E-state index in [-0.39, 0.29) is 0 Å². The van der Waals surface area contributed by atoms with Crippen molar-refractivity contribution in [1.29, 1.82) is 0 Å². The van der Waals surface area contributed by atoms with Crippen molar-refractivity contribution in [3.63, 3.8) is 0 Å². The summed E-state index contributed by atoms with van der Waals surface area (Å²) in [5.74, 6) is 0. The molecule has 0 atom stereocenters. The van der Waals surface area contributed by atoms with Crippen LogP contribution in [-0.2, 0) is 44.4 Å². The van der Waals surface area contributed by atoms with Gasteiger partial charge in [-0.3, -0.25) is 0 Å². The standard InChI is InChI=1S/Ir.3O.V. The van der Waals surface area contributed by atoms with Crippen LogP contribution in [0.4, 0.5) is 0 Å². The van der Waals surface area contributed by atoms with E-state index in [0.29, 0.717) is 0 Å². The second-order valence-corrected chi connectivity index (χ2v) is 2.98. The van der Waals surface area contributed by atoms with Crippen molar-refractivity contribution in [2.75, 3.05) is 0 Å². The Morgan fingerprint density at radius 3 is 1.80 bits per heavy atom. The van der Waals surface area contributed by atoms with Crippen LogP contribution in [0.25, 0.3) is 0 Å². The van der Waals surface area contributed by atoms with Crippen LogP contribution < -0.4 is 0 Å². The van der Waals surface area contributed by atoms with Crippen LogP contribution >= 0.6 is 0 Å². The van der Waals surface area contributed by atoms with Gasteiger partial charge in [-0.25, -0.2) is 0 Å². The Balaban J connectivity index is 3.23. The van der Waals surface area contributed by atoms with Gasteiger partial charge >= 0.3 is 44.4 Å². The third-order valence-electron chi connectivity index (χ3n) is 0.0497. The summed E-state index contributed by atoms with van der Waals surface area (Å²) < 4.78 is 22.3. The molecule has 0 saturated carbocycles. The zero-order valence-electron chi connectivity index (χ0n) is 2.01. The SMILES string of the molecule is [O]=[V](=[O])[O][Ir]. The molecule has 0 aromatic heterocycles. The molecule has 5 heavy (non-hydrogen) atoms. The summed E-state index contributed by atoms with van der Waals surface area (Å²) in [6, 6.07) is 0. The minimum absolute atomic E-state index is 1.14. The molecule has 0 aliphatic rings. The molecule has 0 fully saturated rings. The Bertz CT molecular complexity index is 65.0. The number of hydrogen-bond acceptors (Lipinski definition) is 3. The first kappa shape index (κ1) is 5.79. The Morgan fingerprint density at radius 1 is 1.60 bits per heavy atom. The molecule has 0 aromatic rings. The van der Waals surface area contributed by atoms with E-state index in [1.54, 1.807) is 0 Å². The van der Waals surface area contributed by atoms with Crippen molar-refractivity contribution in [1.82, 2.24) is 0 Å². The van der Waals surface area contributed by atoms with Crippen molar-refractivity contribution < 1.29 is 44.4 Å². The van der Waals surface area contributed by atoms with E-state index in [9.17, 15) is 7.35 Å². The van der Waals surface area contributed by atoms with E-state index in [4.69, 9.17) is 0 Å². The fourth-order valence-electron chi connectivity index (χ4n) is 0. The summed E-state index contributed by atoms with van der Waals surface area (Å²) >= 11 is -2.06. The summed E-state index contributed by atoms with van der Waals surface area (Å²) in [5.41, 5.74) is 0. The number of hydrogen-bond donors (Lipinski definition) is 0. The van der Waals surface area contributed by atoms with Crippen LogP contribution in [0, 0.1) is 0 Å². The van der Waals surface area contributed by atoms with Gasteiger partial charge in [0.25, 0.3) is 0 Å². The Labute approximate surface area is 44.6 Å². The minimum atomic E-state index is -3.20. The summed E-state index contributed by atoms with van der Waals surface area (Å²) in [4.78, 5) is 0. The second kappa shape index (κ2) is 3.00. The van der Waals surface area contributed by atoms with Gasteiger partial charge in [0.05, 0.1) is 0 Å². The maximum absolute atomic E-state index is 9.26. The fourth-order valence-corrected chi connectivity index (χ4v) is 0. The normalized spacial score (nSPS) is 7.60. The molecule has 5 heteroatoms. The van der Waals surface area contributed by atoms with Crippen molar-refractivity contribution >= 4 is 0 Å². The molecular formula is IrO3V. The van der Waals surface area contributed by atoms with Gasteiger partial charge in [0, 0.05) is 0 Å². The average Bonchev–Trinajstić information content (AvgIpc) is 1.38. The van der Waals surface area contributed by atoms with Gasteiger partial charge in [-0.2, -0.15) is 0 Å². The second-order valence-electron chi connectivity index (χ2n) is 0.284. The fraction of sp³-hybridized carbons (Fsp3) is 0. The maximum atomic E-state index is 9.26. The van der Waals surface area contributed by atoms with E-state index in [1.165, 1.54) is 0 Å². The quantitative estimate of drug-likeness (QED) is 0.665. The van der Waals surface area contributed by atoms with E-state index in [2.05, 4.69) is 2.42 Å². The van der Waals surface area contributed by atoms with Gasteiger partial charge in [0.1, 0.15) is 0 Å². The zero-order chi connectivity index (χ0) is 4.28. The molecule has 0 unspecified atom stereocenters. The average molecular weight is 291 g/mol. The van der Waals surface area contributed by atoms with E-state index >= 15 is 0 Å². The molecule has 0 aliphatic heterocycles. The van der Waals surface area contributed by atoms with Gasteiger partial charge in [0.15, 0.2) is 0 Å². The Hall–Kier alpha value is 0.794. The molecule has 0 N–H and O–H groups in total. The van der Waals surface area contributed by atoms with Crippen molar-refractivity contribution in [2.45, 2.75) is 0 Å². The molecule has 0 aromatic carbocycles. The van der Waals surface area contributed by atoms with Crippen molar-refractivity contribution in [3.05, 3.63) is 0 Å². The third kappa shape index (κ3) is 4.79. The van der Waals surface area contributed by atoms with E-state index in [0.717, 1.165) is 19.3 Å². The Kier molecular flexibility index (Phi) is 3.48. The van der Waals surface area contributed by atoms with E-state index < -0.39 is 15.4 Å². The van der Waals surface area contributed by atoms with Crippen LogP contribution in [0.3, 0.4) is 0 Å². The predicted molar refractivity (Wildman–Crippen MR) is 2.46 cm³/mol. The first-order valence-electron chi connectivity index (χ1n) is 0.684. The van der Waals surface area contributed by atoms with E-state index in [1.807, 2.05) is 0 Å². The summed E-state index contributed by atoms with van der Waals surface area (Å²) in [5, 5.41) is 0. The van der Waals surface area contributed by atoms with Crippen LogP contribution in [0.5, 0.6) is 0 Å². The molecule has 32 valence electrons. The van der Waals surface area contributed by atoms with Crippen molar-refractivity contribution in [3.8, 4) is 0 Å². The van der Waals surface area contributed by atoms with Gasteiger partial charge in [-0.1, -0.05) is 0 Å². The molecule has 0 rings (SSSR count). The summed E-state index contributed by atoms with van der Waals surface area (Å²) in [6.07, 6.45) is 0. The van der Waals surface area contributed by atoms with Gasteiger partial charge < -0.3 is 0 Å². The van der Waals surface area contributed by atoms with Crippen LogP contribution in [0.2, 0.25) is 0 Å². The van der Waals surface area contributed by atoms with Crippen LogP contribution in [0.1, 0.15) is 0 Å². The van der Waals surface area contributed by atoms with Crippen LogP contribution in [0.15, 0.2) is 0 Å². The molecule has 3 nitrogen and oxygen atoms in total. The topological polar surface area (TPSA) is 43.4 Å².